The van der Waals surface area contributed by atoms with Crippen LogP contribution in [0.25, 0.3) is 0 Å². The van der Waals surface area contributed by atoms with Crippen LogP contribution in [0.2, 0.25) is 0 Å². The standard InChI is InChI=1S/C15H20N2O/c1-12-14(10-11-18-12)15(17-16)9-5-8-13-6-3-2-4-7-13/h2-4,6-7,10-11,15,17H,5,8-9,16H2,1H3. The lowest BCUT2D eigenvalue weighted by molar-refractivity contribution is 0.475. The third-order valence-electron chi connectivity index (χ3n) is 3.28. The highest BCUT2D eigenvalue weighted by Crippen LogP contribution is 2.22. The van der Waals surface area contributed by atoms with Crippen molar-refractivity contribution >= 4 is 0 Å². The van der Waals surface area contributed by atoms with E-state index >= 15 is 0 Å². The third-order valence-corrected chi connectivity index (χ3v) is 3.28. The average molecular weight is 244 g/mol. The van der Waals surface area contributed by atoms with Gasteiger partial charge in [-0.15, -0.1) is 0 Å². The van der Waals surface area contributed by atoms with Crippen molar-refractivity contribution in [1.82, 2.24) is 5.43 Å². The molecule has 0 aliphatic carbocycles. The Labute approximate surface area is 108 Å². The van der Waals surface area contributed by atoms with E-state index in [0.29, 0.717) is 0 Å². The lowest BCUT2D eigenvalue weighted by atomic mass is 10.00. The monoisotopic (exact) mass is 244 g/mol. The average Bonchev–Trinajstić information content (AvgIpc) is 2.82. The summed E-state index contributed by atoms with van der Waals surface area (Å²) in [5.74, 6) is 6.56. The molecule has 3 heteroatoms. The SMILES string of the molecule is Cc1occc1C(CCCc1ccccc1)NN. The minimum Gasteiger partial charge on any atom is -0.469 e. The fourth-order valence-corrected chi connectivity index (χ4v) is 2.24. The van der Waals surface area contributed by atoms with Crippen LogP contribution in [0, 0.1) is 6.92 Å². The number of aryl methyl sites for hydroxylation is 2. The molecule has 2 aromatic rings. The second-order valence-corrected chi connectivity index (χ2v) is 4.53. The Kier molecular flexibility index (Phi) is 4.56. The second kappa shape index (κ2) is 6.38. The first-order chi connectivity index (χ1) is 8.81. The Morgan fingerprint density at radius 3 is 2.61 bits per heavy atom. The summed E-state index contributed by atoms with van der Waals surface area (Å²) in [7, 11) is 0. The van der Waals surface area contributed by atoms with Gasteiger partial charge in [0.25, 0.3) is 0 Å². The molecule has 2 rings (SSSR count). The summed E-state index contributed by atoms with van der Waals surface area (Å²) in [6.07, 6.45) is 4.90. The molecule has 0 saturated heterocycles. The molecule has 1 unspecified atom stereocenters. The maximum atomic E-state index is 5.62. The van der Waals surface area contributed by atoms with Gasteiger partial charge in [0.15, 0.2) is 0 Å². The van der Waals surface area contributed by atoms with Crippen LogP contribution in [0.1, 0.15) is 35.8 Å². The third kappa shape index (κ3) is 3.22. The number of nitrogens with one attached hydrogen (secondary N) is 1. The molecule has 0 bridgehead atoms. The zero-order valence-corrected chi connectivity index (χ0v) is 10.7. The fourth-order valence-electron chi connectivity index (χ4n) is 2.24. The first-order valence-corrected chi connectivity index (χ1v) is 6.35. The van der Waals surface area contributed by atoms with E-state index in [2.05, 4.69) is 29.7 Å². The zero-order valence-electron chi connectivity index (χ0n) is 10.7. The molecule has 0 spiro atoms. The molecule has 0 radical (unpaired) electrons. The van der Waals surface area contributed by atoms with Crippen molar-refractivity contribution in [3.8, 4) is 0 Å². The normalized spacial score (nSPS) is 12.6. The molecule has 3 nitrogen and oxygen atoms in total. The summed E-state index contributed by atoms with van der Waals surface area (Å²) < 4.78 is 5.32. The maximum Gasteiger partial charge on any atom is 0.105 e. The molecule has 1 aromatic heterocycles. The molecule has 1 aromatic carbocycles. The highest BCUT2D eigenvalue weighted by atomic mass is 16.3. The Morgan fingerprint density at radius 2 is 2.00 bits per heavy atom. The van der Waals surface area contributed by atoms with Gasteiger partial charge in [0, 0.05) is 11.6 Å². The largest absolute Gasteiger partial charge is 0.469 e. The van der Waals surface area contributed by atoms with Gasteiger partial charge in [-0.3, -0.25) is 11.3 Å². The molecule has 0 amide bonds. The lowest BCUT2D eigenvalue weighted by Crippen LogP contribution is -2.28. The van der Waals surface area contributed by atoms with E-state index in [1.165, 1.54) is 5.56 Å². The van der Waals surface area contributed by atoms with Gasteiger partial charge >= 0.3 is 0 Å². The van der Waals surface area contributed by atoms with Crippen LogP contribution in [0.4, 0.5) is 0 Å². The predicted octanol–water partition coefficient (Wildman–Crippen LogP) is 3.12. The van der Waals surface area contributed by atoms with Crippen LogP contribution in [-0.4, -0.2) is 0 Å². The molecule has 96 valence electrons. The van der Waals surface area contributed by atoms with Crippen molar-refractivity contribution in [2.45, 2.75) is 32.2 Å². The predicted molar refractivity (Wildman–Crippen MR) is 72.9 cm³/mol. The Bertz CT molecular complexity index is 464. The quantitative estimate of drug-likeness (QED) is 0.606. The molecule has 0 aliphatic rings. The van der Waals surface area contributed by atoms with Crippen LogP contribution >= 0.6 is 0 Å². The van der Waals surface area contributed by atoms with Gasteiger partial charge in [-0.05, 0) is 37.8 Å². The Hall–Kier alpha value is -1.58. The summed E-state index contributed by atoms with van der Waals surface area (Å²) in [6, 6.07) is 12.7. The van der Waals surface area contributed by atoms with Gasteiger partial charge in [0.2, 0.25) is 0 Å². The van der Waals surface area contributed by atoms with E-state index in [9.17, 15) is 0 Å². The number of rotatable bonds is 6. The smallest absolute Gasteiger partial charge is 0.105 e. The number of furan rings is 1. The topological polar surface area (TPSA) is 51.2 Å². The zero-order chi connectivity index (χ0) is 12.8. The molecule has 0 fully saturated rings. The molecule has 0 aliphatic heterocycles. The summed E-state index contributed by atoms with van der Waals surface area (Å²) >= 11 is 0. The number of benzene rings is 1. The highest BCUT2D eigenvalue weighted by Gasteiger charge is 2.13. The van der Waals surface area contributed by atoms with Crippen molar-refractivity contribution in [2.24, 2.45) is 5.84 Å². The van der Waals surface area contributed by atoms with Gasteiger partial charge in [-0.1, -0.05) is 30.3 Å². The molecule has 3 N–H and O–H groups in total. The minimum atomic E-state index is 0.174. The first-order valence-electron chi connectivity index (χ1n) is 6.35. The molecule has 1 atom stereocenters. The van der Waals surface area contributed by atoms with Crippen LogP contribution in [0.3, 0.4) is 0 Å². The van der Waals surface area contributed by atoms with Gasteiger partial charge in [0.05, 0.1) is 6.26 Å². The van der Waals surface area contributed by atoms with Crippen molar-refractivity contribution in [1.29, 1.82) is 0 Å². The summed E-state index contributed by atoms with van der Waals surface area (Å²) in [5, 5.41) is 0. The van der Waals surface area contributed by atoms with E-state index in [-0.39, 0.29) is 6.04 Å². The van der Waals surface area contributed by atoms with E-state index in [1.54, 1.807) is 6.26 Å². The van der Waals surface area contributed by atoms with E-state index in [0.717, 1.165) is 30.6 Å². The van der Waals surface area contributed by atoms with Crippen LogP contribution in [0.5, 0.6) is 0 Å². The number of hydrazine groups is 1. The summed E-state index contributed by atoms with van der Waals surface area (Å²) in [5.41, 5.74) is 5.40. The highest BCUT2D eigenvalue weighted by molar-refractivity contribution is 5.20. The second-order valence-electron chi connectivity index (χ2n) is 4.53. The number of hydrogen-bond donors (Lipinski definition) is 2. The van der Waals surface area contributed by atoms with Crippen LogP contribution in [0.15, 0.2) is 47.1 Å². The van der Waals surface area contributed by atoms with Crippen molar-refractivity contribution in [3.63, 3.8) is 0 Å². The Balaban J connectivity index is 1.87. The van der Waals surface area contributed by atoms with Gasteiger partial charge in [-0.2, -0.15) is 0 Å². The van der Waals surface area contributed by atoms with Gasteiger partial charge in [-0.25, -0.2) is 0 Å². The number of nitrogens with two attached hydrogens (primary N) is 1. The van der Waals surface area contributed by atoms with Gasteiger partial charge < -0.3 is 4.42 Å². The molecule has 18 heavy (non-hydrogen) atoms. The molecule has 0 saturated carbocycles. The van der Waals surface area contributed by atoms with Crippen molar-refractivity contribution < 1.29 is 4.42 Å². The maximum absolute atomic E-state index is 5.62. The fraction of sp³-hybridized carbons (Fsp3) is 0.333. The minimum absolute atomic E-state index is 0.174. The lowest BCUT2D eigenvalue weighted by Gasteiger charge is -2.15. The Morgan fingerprint density at radius 1 is 1.22 bits per heavy atom. The van der Waals surface area contributed by atoms with Crippen molar-refractivity contribution in [3.05, 3.63) is 59.5 Å². The summed E-state index contributed by atoms with van der Waals surface area (Å²) in [6.45, 7) is 1.97. The van der Waals surface area contributed by atoms with Crippen LogP contribution < -0.4 is 11.3 Å². The molecule has 1 heterocycles. The van der Waals surface area contributed by atoms with E-state index < -0.39 is 0 Å². The number of hydrogen-bond acceptors (Lipinski definition) is 3. The van der Waals surface area contributed by atoms with Crippen LogP contribution in [-0.2, 0) is 6.42 Å². The molecular weight excluding hydrogens is 224 g/mol. The first kappa shape index (κ1) is 12.9. The van der Waals surface area contributed by atoms with E-state index in [1.807, 2.05) is 19.1 Å². The van der Waals surface area contributed by atoms with Gasteiger partial charge in [0.1, 0.15) is 5.76 Å². The molecular formula is C15H20N2O. The van der Waals surface area contributed by atoms with Crippen molar-refractivity contribution in [2.75, 3.05) is 0 Å². The summed E-state index contributed by atoms with van der Waals surface area (Å²) in [4.78, 5) is 0. The van der Waals surface area contributed by atoms with E-state index in [4.69, 9.17) is 10.3 Å².